The highest BCUT2D eigenvalue weighted by Gasteiger charge is 2.17. The smallest absolute Gasteiger partial charge is 0.266 e. The van der Waals surface area contributed by atoms with Crippen molar-refractivity contribution in [3.63, 3.8) is 0 Å². The van der Waals surface area contributed by atoms with Crippen LogP contribution < -0.4 is 10.6 Å². The van der Waals surface area contributed by atoms with Crippen molar-refractivity contribution >= 4 is 50.5 Å². The van der Waals surface area contributed by atoms with Gasteiger partial charge in [-0.15, -0.1) is 22.7 Å². The molecule has 0 bridgehead atoms. The number of nitrogens with one attached hydrogen (secondary N) is 3. The summed E-state index contributed by atoms with van der Waals surface area (Å²) >= 11 is 2.55. The predicted molar refractivity (Wildman–Crippen MR) is 104 cm³/mol. The summed E-state index contributed by atoms with van der Waals surface area (Å²) in [6, 6.07) is 11.3. The van der Waals surface area contributed by atoms with E-state index in [1.54, 1.807) is 30.3 Å². The van der Waals surface area contributed by atoms with Gasteiger partial charge >= 0.3 is 0 Å². The molecule has 0 aliphatic carbocycles. The third-order valence-corrected chi connectivity index (χ3v) is 5.70. The minimum atomic E-state index is -0.345. The zero-order valence-corrected chi connectivity index (χ0v) is 15.4. The molecule has 136 valence electrons. The Morgan fingerprint density at radius 3 is 2.78 bits per heavy atom. The van der Waals surface area contributed by atoms with Crippen LogP contribution in [0.3, 0.4) is 0 Å². The Morgan fingerprint density at radius 2 is 2.00 bits per heavy atom. The van der Waals surface area contributed by atoms with Crippen molar-refractivity contribution in [1.29, 1.82) is 0 Å². The van der Waals surface area contributed by atoms with Gasteiger partial charge in [-0.25, -0.2) is 4.39 Å². The van der Waals surface area contributed by atoms with Gasteiger partial charge in [0.1, 0.15) is 16.5 Å². The minimum absolute atomic E-state index is 0.222. The summed E-state index contributed by atoms with van der Waals surface area (Å²) in [5.41, 5.74) is 0.675. The van der Waals surface area contributed by atoms with Gasteiger partial charge in [-0.3, -0.25) is 14.7 Å². The lowest BCUT2D eigenvalue weighted by Gasteiger charge is -2.03. The van der Waals surface area contributed by atoms with E-state index in [-0.39, 0.29) is 24.2 Å². The Balaban J connectivity index is 1.47. The third-order valence-electron chi connectivity index (χ3n) is 3.80. The summed E-state index contributed by atoms with van der Waals surface area (Å²) in [6.07, 6.45) is 0. The van der Waals surface area contributed by atoms with Gasteiger partial charge in [0.25, 0.3) is 11.8 Å². The van der Waals surface area contributed by atoms with Gasteiger partial charge in [-0.05, 0) is 35.2 Å². The van der Waals surface area contributed by atoms with Gasteiger partial charge in [0.15, 0.2) is 0 Å². The largest absolute Gasteiger partial charge is 0.347 e. The molecule has 3 N–H and O–H groups in total. The number of thiophene rings is 2. The Labute approximate surface area is 161 Å². The number of rotatable bonds is 5. The van der Waals surface area contributed by atoms with Gasteiger partial charge in [-0.2, -0.15) is 5.10 Å². The van der Waals surface area contributed by atoms with Gasteiger partial charge < -0.3 is 10.6 Å². The molecule has 4 rings (SSSR count). The van der Waals surface area contributed by atoms with Crippen molar-refractivity contribution in [3.05, 3.63) is 69.0 Å². The van der Waals surface area contributed by atoms with E-state index in [1.165, 1.54) is 34.8 Å². The first-order chi connectivity index (χ1) is 13.1. The number of amides is 2. The molecule has 0 aliphatic rings. The maximum Gasteiger partial charge on any atom is 0.266 e. The van der Waals surface area contributed by atoms with E-state index in [9.17, 15) is 14.0 Å². The van der Waals surface area contributed by atoms with Crippen molar-refractivity contribution in [2.45, 2.75) is 6.54 Å². The summed E-state index contributed by atoms with van der Waals surface area (Å²) in [4.78, 5) is 26.2. The van der Waals surface area contributed by atoms with Gasteiger partial charge in [-0.1, -0.05) is 18.2 Å². The van der Waals surface area contributed by atoms with Gasteiger partial charge in [0.2, 0.25) is 0 Å². The lowest BCUT2D eigenvalue weighted by atomic mass is 10.2. The van der Waals surface area contributed by atoms with Gasteiger partial charge in [0, 0.05) is 6.54 Å². The lowest BCUT2D eigenvalue weighted by Crippen LogP contribution is -2.21. The average molecular weight is 400 g/mol. The Bertz CT molecular complexity index is 1120. The van der Waals surface area contributed by atoms with Crippen LogP contribution in [-0.4, -0.2) is 22.0 Å². The molecule has 3 aromatic heterocycles. The van der Waals surface area contributed by atoms with Crippen molar-refractivity contribution in [2.24, 2.45) is 0 Å². The van der Waals surface area contributed by atoms with E-state index in [4.69, 9.17) is 0 Å². The number of fused-ring (bicyclic) bond motifs is 1. The maximum atomic E-state index is 13.2. The monoisotopic (exact) mass is 400 g/mol. The fraction of sp³-hybridized carbons (Fsp3) is 0.0556. The van der Waals surface area contributed by atoms with Crippen molar-refractivity contribution in [2.75, 3.05) is 5.32 Å². The number of hydrogen-bond acceptors (Lipinski definition) is 5. The molecule has 6 nitrogen and oxygen atoms in total. The second-order valence-electron chi connectivity index (χ2n) is 5.67. The van der Waals surface area contributed by atoms with Crippen molar-refractivity contribution < 1.29 is 14.0 Å². The minimum Gasteiger partial charge on any atom is -0.347 e. The van der Waals surface area contributed by atoms with Crippen LogP contribution in [0, 0.1) is 5.82 Å². The van der Waals surface area contributed by atoms with E-state index in [2.05, 4.69) is 20.8 Å². The number of aromatic amines is 1. The van der Waals surface area contributed by atoms with Crippen LogP contribution in [0.25, 0.3) is 10.2 Å². The number of aromatic nitrogens is 2. The number of carbonyl (C=O) groups is 2. The molecule has 9 heteroatoms. The highest BCUT2D eigenvalue weighted by molar-refractivity contribution is 7.20. The molecule has 1 aromatic carbocycles. The molecule has 27 heavy (non-hydrogen) atoms. The summed E-state index contributed by atoms with van der Waals surface area (Å²) in [7, 11) is 0. The van der Waals surface area contributed by atoms with Crippen LogP contribution in [0.1, 0.15) is 24.9 Å². The Morgan fingerprint density at radius 1 is 1.11 bits per heavy atom. The van der Waals surface area contributed by atoms with Crippen LogP contribution in [0.2, 0.25) is 0 Å². The molecule has 0 atom stereocenters. The molecule has 0 aliphatic heterocycles. The quantitative estimate of drug-likeness (QED) is 0.473. The molecular weight excluding hydrogens is 387 g/mol. The van der Waals surface area contributed by atoms with Gasteiger partial charge in [0.05, 0.1) is 15.1 Å². The third kappa shape index (κ3) is 3.74. The molecule has 0 saturated carbocycles. The van der Waals surface area contributed by atoms with E-state index in [0.29, 0.717) is 31.4 Å². The zero-order valence-electron chi connectivity index (χ0n) is 13.8. The van der Waals surface area contributed by atoms with Crippen LogP contribution in [-0.2, 0) is 6.54 Å². The summed E-state index contributed by atoms with van der Waals surface area (Å²) in [6.45, 7) is 0.222. The summed E-state index contributed by atoms with van der Waals surface area (Å²) < 4.78 is 13.2. The molecule has 3 heterocycles. The van der Waals surface area contributed by atoms with Crippen LogP contribution in [0.15, 0.2) is 47.8 Å². The number of halogens is 1. The summed E-state index contributed by atoms with van der Waals surface area (Å²) in [5.74, 6) is -0.414. The second-order valence-corrected chi connectivity index (χ2v) is 7.65. The number of hydrogen-bond donors (Lipinski definition) is 3. The number of H-pyrrole nitrogens is 1. The molecule has 0 radical (unpaired) electrons. The van der Waals surface area contributed by atoms with E-state index in [1.807, 2.05) is 5.38 Å². The van der Waals surface area contributed by atoms with E-state index in [0.717, 1.165) is 0 Å². The van der Waals surface area contributed by atoms with Crippen LogP contribution in [0.4, 0.5) is 10.2 Å². The standard InChI is InChI=1S/C18H13FN4O2S2/c19-11-4-1-3-10(7-11)9-20-16(24)14-8-12-15(22-23-18(12)27-14)21-17(25)13-5-2-6-26-13/h1-8H,9H2,(H,20,24)(H2,21,22,23,25). The maximum absolute atomic E-state index is 13.2. The second kappa shape index (κ2) is 7.29. The molecule has 0 saturated heterocycles. The number of anilines is 1. The normalized spacial score (nSPS) is 10.9. The van der Waals surface area contributed by atoms with Crippen molar-refractivity contribution in [1.82, 2.24) is 15.5 Å². The number of carbonyl (C=O) groups excluding carboxylic acids is 2. The molecule has 0 unspecified atom stereocenters. The van der Waals surface area contributed by atoms with Crippen LogP contribution in [0.5, 0.6) is 0 Å². The van der Waals surface area contributed by atoms with Crippen molar-refractivity contribution in [3.8, 4) is 0 Å². The zero-order chi connectivity index (χ0) is 18.8. The SMILES string of the molecule is O=C(Nc1[nH]nc2sc(C(=O)NCc3cccc(F)c3)cc12)c1cccs1. The Hall–Kier alpha value is -3.04. The highest BCUT2D eigenvalue weighted by Crippen LogP contribution is 2.29. The molecule has 0 spiro atoms. The topological polar surface area (TPSA) is 86.9 Å². The molecule has 4 aromatic rings. The van der Waals surface area contributed by atoms with E-state index < -0.39 is 0 Å². The molecule has 0 fully saturated rings. The fourth-order valence-corrected chi connectivity index (χ4v) is 4.05. The first-order valence-corrected chi connectivity index (χ1v) is 9.65. The first kappa shape index (κ1) is 17.4. The van der Waals surface area contributed by atoms with E-state index >= 15 is 0 Å². The lowest BCUT2D eigenvalue weighted by molar-refractivity contribution is 0.0954. The molecule has 2 amide bonds. The van der Waals surface area contributed by atoms with Crippen LogP contribution >= 0.6 is 22.7 Å². The average Bonchev–Trinajstić information content (AvgIpc) is 3.38. The Kier molecular flexibility index (Phi) is 4.69. The first-order valence-electron chi connectivity index (χ1n) is 7.95. The molecular formula is C18H13FN4O2S2. The number of nitrogens with zero attached hydrogens (tertiary/aromatic N) is 1. The number of benzene rings is 1. The fourth-order valence-electron chi connectivity index (χ4n) is 2.52. The highest BCUT2D eigenvalue weighted by atomic mass is 32.1. The summed E-state index contributed by atoms with van der Waals surface area (Å²) in [5, 5.41) is 14.9. The predicted octanol–water partition coefficient (Wildman–Crippen LogP) is 4.01.